The second-order valence-corrected chi connectivity index (χ2v) is 9.48. The number of thiophene rings is 1. The highest BCUT2D eigenvalue weighted by atomic mass is 35.5. The fraction of sp³-hybridized carbons (Fsp3) is 0.391. The number of likely N-dealkylation sites (tertiary alicyclic amines) is 1. The fourth-order valence-corrected chi connectivity index (χ4v) is 5.20. The topological polar surface area (TPSA) is 102 Å². The Morgan fingerprint density at radius 3 is 2.79 bits per heavy atom. The fourth-order valence-electron chi connectivity index (χ4n) is 3.87. The standard InChI is InChI=1S/C23H28ClN3O4S2/c1-25-18(12-32)19-7-4-8-27(19)23(31)21(29)20(28)22(30)26-11-16-10-14(13-33-16)9-15-5-2-3-6-17(15)24/h2-3,5-6,10,12-13,19-21,25,28-29,32H,4,7-9,11H2,1H3,(H,26,30)/b18-12-/t19-,20-,21-/m1/s1. The summed E-state index contributed by atoms with van der Waals surface area (Å²) >= 11 is 11.8. The van der Waals surface area contributed by atoms with Gasteiger partial charge in [0.25, 0.3) is 11.8 Å². The van der Waals surface area contributed by atoms with Gasteiger partial charge in [-0.2, -0.15) is 0 Å². The van der Waals surface area contributed by atoms with E-state index in [2.05, 4.69) is 23.3 Å². The quantitative estimate of drug-likeness (QED) is 0.334. The van der Waals surface area contributed by atoms with Crippen molar-refractivity contribution in [3.8, 4) is 0 Å². The zero-order valence-corrected chi connectivity index (χ0v) is 20.7. The first-order valence-electron chi connectivity index (χ1n) is 10.6. The lowest BCUT2D eigenvalue weighted by molar-refractivity contribution is -0.153. The molecule has 0 saturated carbocycles. The lowest BCUT2D eigenvalue weighted by Gasteiger charge is -2.29. The summed E-state index contributed by atoms with van der Waals surface area (Å²) in [6.07, 6.45) is -1.57. The largest absolute Gasteiger partial charge is 0.389 e. The zero-order chi connectivity index (χ0) is 24.0. The number of hydrogen-bond donors (Lipinski definition) is 5. The molecule has 178 valence electrons. The Labute approximate surface area is 207 Å². The number of rotatable bonds is 9. The highest BCUT2D eigenvalue weighted by Crippen LogP contribution is 2.25. The molecule has 33 heavy (non-hydrogen) atoms. The van der Waals surface area contributed by atoms with Crippen LogP contribution in [0.5, 0.6) is 0 Å². The van der Waals surface area contributed by atoms with Crippen LogP contribution in [0, 0.1) is 0 Å². The van der Waals surface area contributed by atoms with Crippen molar-refractivity contribution in [1.29, 1.82) is 0 Å². The van der Waals surface area contributed by atoms with Crippen molar-refractivity contribution < 1.29 is 19.8 Å². The predicted molar refractivity (Wildman–Crippen MR) is 133 cm³/mol. The Morgan fingerprint density at radius 2 is 2.09 bits per heavy atom. The maximum Gasteiger partial charge on any atom is 0.255 e. The number of aliphatic hydroxyl groups is 2. The molecule has 3 atom stereocenters. The molecule has 0 unspecified atom stereocenters. The highest BCUT2D eigenvalue weighted by molar-refractivity contribution is 7.83. The minimum atomic E-state index is -1.86. The molecule has 7 nitrogen and oxygen atoms in total. The molecule has 2 amide bonds. The van der Waals surface area contributed by atoms with Crippen LogP contribution in [0.4, 0.5) is 0 Å². The second-order valence-electron chi connectivity index (χ2n) is 7.82. The summed E-state index contributed by atoms with van der Waals surface area (Å²) in [6, 6.07) is 9.31. The second kappa shape index (κ2) is 11.9. The van der Waals surface area contributed by atoms with Gasteiger partial charge < -0.3 is 25.7 Å². The lowest BCUT2D eigenvalue weighted by Crippen LogP contribution is -2.52. The smallest absolute Gasteiger partial charge is 0.255 e. The molecule has 1 fully saturated rings. The third kappa shape index (κ3) is 6.30. The minimum Gasteiger partial charge on any atom is -0.389 e. The van der Waals surface area contributed by atoms with Crippen molar-refractivity contribution >= 4 is 47.4 Å². The summed E-state index contributed by atoms with van der Waals surface area (Å²) in [7, 11) is 1.73. The summed E-state index contributed by atoms with van der Waals surface area (Å²) in [5.74, 6) is -1.48. The van der Waals surface area contributed by atoms with Crippen molar-refractivity contribution in [3.05, 3.63) is 67.8 Å². The Morgan fingerprint density at radius 1 is 1.33 bits per heavy atom. The van der Waals surface area contributed by atoms with E-state index in [1.165, 1.54) is 16.2 Å². The number of halogens is 1. The zero-order valence-electron chi connectivity index (χ0n) is 18.2. The number of amides is 2. The molecule has 1 saturated heterocycles. The molecule has 1 aromatic heterocycles. The van der Waals surface area contributed by atoms with Crippen LogP contribution in [0.25, 0.3) is 0 Å². The van der Waals surface area contributed by atoms with Crippen LogP contribution >= 0.6 is 35.6 Å². The van der Waals surface area contributed by atoms with Crippen LogP contribution in [0.3, 0.4) is 0 Å². The third-order valence-electron chi connectivity index (χ3n) is 5.64. The van der Waals surface area contributed by atoms with E-state index in [1.807, 2.05) is 35.7 Å². The number of carbonyl (C=O) groups is 2. The molecular weight excluding hydrogens is 482 g/mol. The molecule has 0 bridgehead atoms. The van der Waals surface area contributed by atoms with E-state index in [4.69, 9.17) is 11.6 Å². The molecular formula is C23H28ClN3O4S2. The average Bonchev–Trinajstić information content (AvgIpc) is 3.48. The Kier molecular flexibility index (Phi) is 9.22. The highest BCUT2D eigenvalue weighted by Gasteiger charge is 2.38. The molecule has 4 N–H and O–H groups in total. The normalized spacial score (nSPS) is 18.2. The SMILES string of the molecule is CN/C(=C\S)[C@H]1CCCN1C(=O)[C@H](O)[C@@H](O)C(=O)NCc1cc(Cc2ccccc2Cl)cs1. The van der Waals surface area contributed by atoms with Gasteiger partial charge in [0, 0.05) is 29.2 Å². The first-order valence-corrected chi connectivity index (χ1v) is 12.4. The van der Waals surface area contributed by atoms with Crippen LogP contribution in [0.15, 0.2) is 46.8 Å². The number of aliphatic hydroxyl groups excluding tert-OH is 2. The Balaban J connectivity index is 1.54. The van der Waals surface area contributed by atoms with Gasteiger partial charge in [0.2, 0.25) is 0 Å². The third-order valence-corrected chi connectivity index (χ3v) is 7.27. The van der Waals surface area contributed by atoms with Gasteiger partial charge in [0.1, 0.15) is 0 Å². The van der Waals surface area contributed by atoms with Crippen LogP contribution in [0.1, 0.15) is 28.8 Å². The first kappa shape index (κ1) is 25.6. The van der Waals surface area contributed by atoms with Crippen LogP contribution in [0.2, 0.25) is 5.02 Å². The monoisotopic (exact) mass is 509 g/mol. The molecule has 2 aromatic rings. The maximum atomic E-state index is 12.8. The van der Waals surface area contributed by atoms with Gasteiger partial charge in [0.15, 0.2) is 12.2 Å². The summed E-state index contributed by atoms with van der Waals surface area (Å²) in [4.78, 5) is 27.5. The van der Waals surface area contributed by atoms with E-state index in [0.717, 1.165) is 28.1 Å². The molecule has 10 heteroatoms. The summed E-state index contributed by atoms with van der Waals surface area (Å²) in [6.45, 7) is 0.619. The van der Waals surface area contributed by atoms with E-state index < -0.39 is 24.0 Å². The Bertz CT molecular complexity index is 1010. The predicted octanol–water partition coefficient (Wildman–Crippen LogP) is 2.31. The van der Waals surface area contributed by atoms with E-state index in [0.29, 0.717) is 24.4 Å². The molecule has 3 rings (SSSR count). The van der Waals surface area contributed by atoms with Gasteiger partial charge in [-0.05, 0) is 53.3 Å². The van der Waals surface area contributed by atoms with Crippen LogP contribution < -0.4 is 10.6 Å². The number of thiol groups is 1. The van der Waals surface area contributed by atoms with Gasteiger partial charge in [0.05, 0.1) is 12.6 Å². The minimum absolute atomic E-state index is 0.183. The Hall–Kier alpha value is -2.04. The molecule has 0 radical (unpaired) electrons. The van der Waals surface area contributed by atoms with E-state index >= 15 is 0 Å². The number of hydrogen-bond acceptors (Lipinski definition) is 7. The van der Waals surface area contributed by atoms with Crippen LogP contribution in [-0.4, -0.2) is 58.8 Å². The van der Waals surface area contributed by atoms with Crippen molar-refractivity contribution in [2.24, 2.45) is 0 Å². The van der Waals surface area contributed by atoms with Crippen molar-refractivity contribution in [2.75, 3.05) is 13.6 Å². The van der Waals surface area contributed by atoms with Gasteiger partial charge in [-0.3, -0.25) is 9.59 Å². The number of likely N-dealkylation sites (N-methyl/N-ethyl adjacent to an activating group) is 1. The summed E-state index contributed by atoms with van der Waals surface area (Å²) < 4.78 is 0. The number of benzene rings is 1. The molecule has 1 aliphatic rings. The number of nitrogens with one attached hydrogen (secondary N) is 2. The van der Waals surface area contributed by atoms with Gasteiger partial charge in [-0.25, -0.2) is 0 Å². The van der Waals surface area contributed by atoms with E-state index in [9.17, 15) is 19.8 Å². The van der Waals surface area contributed by atoms with Crippen molar-refractivity contribution in [2.45, 2.75) is 44.1 Å². The van der Waals surface area contributed by atoms with Crippen molar-refractivity contribution in [1.82, 2.24) is 15.5 Å². The molecule has 0 aliphatic carbocycles. The van der Waals surface area contributed by atoms with E-state index in [1.54, 1.807) is 12.5 Å². The molecule has 0 spiro atoms. The average molecular weight is 510 g/mol. The van der Waals surface area contributed by atoms with Gasteiger partial charge in [-0.15, -0.1) is 24.0 Å². The van der Waals surface area contributed by atoms with Gasteiger partial charge in [-0.1, -0.05) is 29.8 Å². The molecule has 1 aliphatic heterocycles. The first-order chi connectivity index (χ1) is 15.8. The lowest BCUT2D eigenvalue weighted by atomic mass is 10.1. The van der Waals surface area contributed by atoms with Crippen molar-refractivity contribution in [3.63, 3.8) is 0 Å². The number of nitrogens with zero attached hydrogens (tertiary/aromatic N) is 1. The maximum absolute atomic E-state index is 12.8. The van der Waals surface area contributed by atoms with Gasteiger partial charge >= 0.3 is 0 Å². The molecule has 2 heterocycles. The molecule has 1 aromatic carbocycles. The number of carbonyl (C=O) groups excluding carboxylic acids is 2. The van der Waals surface area contributed by atoms with E-state index in [-0.39, 0.29) is 12.6 Å². The summed E-state index contributed by atoms with van der Waals surface area (Å²) in [5.41, 5.74) is 2.81. The van der Waals surface area contributed by atoms with Crippen LogP contribution in [-0.2, 0) is 22.6 Å². The summed E-state index contributed by atoms with van der Waals surface area (Å²) in [5, 5.41) is 30.5.